The van der Waals surface area contributed by atoms with Crippen LogP contribution in [-0.2, 0) is 9.59 Å². The van der Waals surface area contributed by atoms with Crippen LogP contribution in [0.25, 0.3) is 11.6 Å². The third-order valence-corrected chi connectivity index (χ3v) is 6.27. The van der Waals surface area contributed by atoms with Crippen molar-refractivity contribution in [3.05, 3.63) is 65.2 Å². The van der Waals surface area contributed by atoms with Crippen LogP contribution in [0.1, 0.15) is 31.9 Å². The molecule has 1 saturated heterocycles. The monoisotopic (exact) mass is 447 g/mol. The van der Waals surface area contributed by atoms with Gasteiger partial charge in [0.2, 0.25) is 0 Å². The first-order chi connectivity index (χ1) is 15.1. The molecular formula is C25H25N3O3S. The molecule has 0 atom stereocenters. The fraction of sp³-hybridized carbons (Fsp3) is 0.240. The molecule has 0 saturated carbocycles. The molecule has 2 heterocycles. The topological polar surface area (TPSA) is 61.9 Å². The van der Waals surface area contributed by atoms with Gasteiger partial charge in [-0.25, -0.2) is 0 Å². The molecule has 164 valence electrons. The number of likely N-dealkylation sites (N-methyl/N-ethyl adjacent to an activating group) is 1. The average Bonchev–Trinajstić information content (AvgIpc) is 2.75. The van der Waals surface area contributed by atoms with Crippen LogP contribution >= 0.6 is 12.2 Å². The van der Waals surface area contributed by atoms with Crippen molar-refractivity contribution < 1.29 is 14.3 Å². The molecule has 1 N–H and O–H groups in total. The van der Waals surface area contributed by atoms with E-state index in [9.17, 15) is 9.59 Å². The van der Waals surface area contributed by atoms with Crippen molar-refractivity contribution in [2.24, 2.45) is 0 Å². The summed E-state index contributed by atoms with van der Waals surface area (Å²) in [5.74, 6) is -0.429. The minimum absolute atomic E-state index is 0.00757. The summed E-state index contributed by atoms with van der Waals surface area (Å²) in [4.78, 5) is 29.5. The van der Waals surface area contributed by atoms with Gasteiger partial charge >= 0.3 is 0 Å². The molecule has 2 amide bonds. The van der Waals surface area contributed by atoms with Crippen LogP contribution in [0.4, 0.5) is 11.4 Å². The molecule has 1 fully saturated rings. The highest BCUT2D eigenvalue weighted by Gasteiger charge is 2.35. The lowest BCUT2D eigenvalue weighted by atomic mass is 9.88. The van der Waals surface area contributed by atoms with Crippen LogP contribution in [-0.4, -0.2) is 36.6 Å². The number of para-hydroxylation sites is 1. The zero-order valence-corrected chi connectivity index (χ0v) is 19.5. The SMILES string of the molecule is COc1cc2c(cc1/C=C1/C(=O)NC(=S)N(c3ccccc3)C1=O)C(C)=CC(C)(C)N2C. The van der Waals surface area contributed by atoms with Crippen LogP contribution in [0.3, 0.4) is 0 Å². The molecule has 32 heavy (non-hydrogen) atoms. The Balaban J connectivity index is 1.82. The summed E-state index contributed by atoms with van der Waals surface area (Å²) < 4.78 is 5.63. The molecule has 0 unspecified atom stereocenters. The largest absolute Gasteiger partial charge is 0.496 e. The number of carbonyl (C=O) groups is 2. The van der Waals surface area contributed by atoms with Gasteiger partial charge in [-0.2, -0.15) is 0 Å². The van der Waals surface area contributed by atoms with E-state index in [1.807, 2.05) is 37.4 Å². The number of hydrogen-bond donors (Lipinski definition) is 1. The van der Waals surface area contributed by atoms with E-state index in [4.69, 9.17) is 17.0 Å². The lowest BCUT2D eigenvalue weighted by Gasteiger charge is -2.41. The summed E-state index contributed by atoms with van der Waals surface area (Å²) in [5, 5.41) is 2.68. The molecule has 0 radical (unpaired) electrons. The zero-order chi connectivity index (χ0) is 23.2. The average molecular weight is 448 g/mol. The van der Waals surface area contributed by atoms with Crippen LogP contribution in [0.2, 0.25) is 0 Å². The Morgan fingerprint density at radius 2 is 1.81 bits per heavy atom. The van der Waals surface area contributed by atoms with Gasteiger partial charge in [-0.05, 0) is 62.8 Å². The number of allylic oxidation sites excluding steroid dienone is 1. The second kappa shape index (κ2) is 7.91. The number of rotatable bonds is 3. The highest BCUT2D eigenvalue weighted by atomic mass is 32.1. The van der Waals surface area contributed by atoms with E-state index in [2.05, 4.69) is 37.1 Å². The molecule has 0 aliphatic carbocycles. The number of carbonyl (C=O) groups excluding carboxylic acids is 2. The zero-order valence-electron chi connectivity index (χ0n) is 18.7. The Morgan fingerprint density at radius 1 is 1.12 bits per heavy atom. The molecule has 6 nitrogen and oxygen atoms in total. The van der Waals surface area contributed by atoms with Crippen molar-refractivity contribution in [1.82, 2.24) is 5.32 Å². The molecule has 2 aromatic carbocycles. The smallest absolute Gasteiger partial charge is 0.270 e. The minimum atomic E-state index is -0.530. The van der Waals surface area contributed by atoms with E-state index in [1.54, 1.807) is 25.3 Å². The third-order valence-electron chi connectivity index (χ3n) is 5.98. The Kier molecular flexibility index (Phi) is 5.38. The van der Waals surface area contributed by atoms with E-state index in [0.29, 0.717) is 17.0 Å². The number of methoxy groups -OCH3 is 1. The van der Waals surface area contributed by atoms with Crippen molar-refractivity contribution in [1.29, 1.82) is 0 Å². The molecule has 4 rings (SSSR count). The first-order valence-electron chi connectivity index (χ1n) is 10.3. The molecule has 2 aromatic rings. The number of benzene rings is 2. The summed E-state index contributed by atoms with van der Waals surface area (Å²) in [7, 11) is 3.62. The van der Waals surface area contributed by atoms with E-state index < -0.39 is 11.8 Å². The Morgan fingerprint density at radius 3 is 2.47 bits per heavy atom. The number of ether oxygens (including phenoxy) is 1. The highest BCUT2D eigenvalue weighted by Crippen LogP contribution is 2.42. The van der Waals surface area contributed by atoms with Gasteiger partial charge in [0.25, 0.3) is 11.8 Å². The Bertz CT molecular complexity index is 1200. The van der Waals surface area contributed by atoms with Gasteiger partial charge in [0.1, 0.15) is 11.3 Å². The number of anilines is 2. The lowest BCUT2D eigenvalue weighted by Crippen LogP contribution is -2.54. The summed E-state index contributed by atoms with van der Waals surface area (Å²) >= 11 is 5.27. The third kappa shape index (κ3) is 3.58. The quantitative estimate of drug-likeness (QED) is 0.435. The first kappa shape index (κ1) is 21.8. The van der Waals surface area contributed by atoms with Crippen molar-refractivity contribution in [2.75, 3.05) is 24.0 Å². The second-order valence-electron chi connectivity index (χ2n) is 8.44. The normalized spacial score (nSPS) is 19.0. The second-order valence-corrected chi connectivity index (χ2v) is 8.83. The van der Waals surface area contributed by atoms with E-state index in [-0.39, 0.29) is 16.2 Å². The maximum atomic E-state index is 13.3. The Labute approximate surface area is 193 Å². The number of thiocarbonyl (C=S) groups is 1. The molecule has 2 aliphatic heterocycles. The van der Waals surface area contributed by atoms with E-state index >= 15 is 0 Å². The summed E-state index contributed by atoms with van der Waals surface area (Å²) in [6.45, 7) is 6.35. The van der Waals surface area contributed by atoms with Crippen molar-refractivity contribution in [3.8, 4) is 5.75 Å². The minimum Gasteiger partial charge on any atom is -0.496 e. The molecule has 0 spiro atoms. The predicted octanol–water partition coefficient (Wildman–Crippen LogP) is 4.16. The molecule has 7 heteroatoms. The maximum absolute atomic E-state index is 13.3. The summed E-state index contributed by atoms with van der Waals surface area (Å²) in [6.07, 6.45) is 3.77. The summed E-state index contributed by atoms with van der Waals surface area (Å²) in [6, 6.07) is 12.9. The van der Waals surface area contributed by atoms with Crippen LogP contribution in [0, 0.1) is 0 Å². The van der Waals surface area contributed by atoms with Gasteiger partial charge in [0, 0.05) is 29.9 Å². The van der Waals surface area contributed by atoms with Crippen molar-refractivity contribution >= 4 is 52.2 Å². The van der Waals surface area contributed by atoms with E-state index in [1.165, 1.54) is 4.90 Å². The number of nitrogens with one attached hydrogen (secondary N) is 1. The van der Waals surface area contributed by atoms with Crippen molar-refractivity contribution in [3.63, 3.8) is 0 Å². The summed E-state index contributed by atoms with van der Waals surface area (Å²) in [5.41, 5.74) is 4.26. The van der Waals surface area contributed by atoms with Crippen LogP contribution < -0.4 is 19.9 Å². The van der Waals surface area contributed by atoms with Crippen molar-refractivity contribution in [2.45, 2.75) is 26.3 Å². The van der Waals surface area contributed by atoms with Gasteiger partial charge < -0.3 is 9.64 Å². The van der Waals surface area contributed by atoms with Gasteiger partial charge in [-0.3, -0.25) is 19.8 Å². The number of hydrogen-bond acceptors (Lipinski definition) is 5. The van der Waals surface area contributed by atoms with E-state index in [0.717, 1.165) is 16.8 Å². The number of nitrogens with zero attached hydrogens (tertiary/aromatic N) is 2. The van der Waals surface area contributed by atoms with Gasteiger partial charge in [0.05, 0.1) is 18.3 Å². The molecular weight excluding hydrogens is 422 g/mol. The predicted molar refractivity (Wildman–Crippen MR) is 132 cm³/mol. The first-order valence-corrected chi connectivity index (χ1v) is 10.7. The van der Waals surface area contributed by atoms with Gasteiger partial charge in [-0.1, -0.05) is 24.3 Å². The number of amides is 2. The Hall–Kier alpha value is -3.45. The van der Waals surface area contributed by atoms with Crippen LogP contribution in [0.15, 0.2) is 54.1 Å². The lowest BCUT2D eigenvalue weighted by molar-refractivity contribution is -0.122. The fourth-order valence-electron chi connectivity index (χ4n) is 4.11. The molecule has 2 aliphatic rings. The van der Waals surface area contributed by atoms with Crippen LogP contribution in [0.5, 0.6) is 5.75 Å². The molecule has 0 bridgehead atoms. The maximum Gasteiger partial charge on any atom is 0.270 e. The van der Waals surface area contributed by atoms with Gasteiger partial charge in [-0.15, -0.1) is 0 Å². The molecule has 0 aromatic heterocycles. The van der Waals surface area contributed by atoms with Gasteiger partial charge in [0.15, 0.2) is 5.11 Å². The fourth-order valence-corrected chi connectivity index (χ4v) is 4.39. The number of fused-ring (bicyclic) bond motifs is 1. The standard InChI is InChI=1S/C25H25N3O3S/c1-15-14-25(2,3)27(4)20-13-21(31-5)16(11-18(15)20)12-19-22(29)26-24(32)28(23(19)30)17-9-7-6-8-10-17/h6-14H,1-5H3,(H,26,29,32)/b19-12-. The highest BCUT2D eigenvalue weighted by molar-refractivity contribution is 7.80.